The van der Waals surface area contributed by atoms with Gasteiger partial charge in [-0.05, 0) is 48.7 Å². The van der Waals surface area contributed by atoms with Gasteiger partial charge < -0.3 is 0 Å². The second kappa shape index (κ2) is 14.8. The third kappa shape index (κ3) is 12.4. The maximum absolute atomic E-state index is 2.17. The average Bonchev–Trinajstić information content (AvgIpc) is 2.39. The predicted molar refractivity (Wildman–Crippen MR) is 97.0 cm³/mol. The summed E-state index contributed by atoms with van der Waals surface area (Å²) in [5, 5.41) is 0. The molecule has 1 fully saturated rings. The van der Waals surface area contributed by atoms with E-state index >= 15 is 0 Å². The zero-order chi connectivity index (χ0) is 12.7. The molecule has 0 radical (unpaired) electrons. The highest BCUT2D eigenvalue weighted by Crippen LogP contribution is 2.15. The highest BCUT2D eigenvalue weighted by molar-refractivity contribution is 8.03. The molecule has 0 nitrogen and oxygen atoms in total. The summed E-state index contributed by atoms with van der Waals surface area (Å²) in [6.45, 7) is 0. The summed E-state index contributed by atoms with van der Waals surface area (Å²) in [4.78, 5) is 0. The summed E-state index contributed by atoms with van der Waals surface area (Å²) >= 11 is 8.66. The Balaban J connectivity index is 2.00. The Morgan fingerprint density at radius 2 is 0.556 bits per heavy atom. The third-order valence-electron chi connectivity index (χ3n) is 2.90. The van der Waals surface area contributed by atoms with Crippen molar-refractivity contribution in [1.82, 2.24) is 0 Å². The van der Waals surface area contributed by atoms with E-state index in [4.69, 9.17) is 0 Å². The van der Waals surface area contributed by atoms with Crippen LogP contribution in [0.5, 0.6) is 0 Å². The molecular formula is C14H28S4. The molecule has 0 aromatic rings. The Morgan fingerprint density at radius 1 is 0.278 bits per heavy atom. The molecule has 1 aliphatic rings. The van der Waals surface area contributed by atoms with Crippen LogP contribution >= 0.6 is 47.0 Å². The van der Waals surface area contributed by atoms with E-state index in [2.05, 4.69) is 47.0 Å². The molecule has 1 heterocycles. The van der Waals surface area contributed by atoms with Gasteiger partial charge in [0, 0.05) is 23.0 Å². The molecule has 0 N–H and O–H groups in total. The largest absolute Gasteiger partial charge is 0.161 e. The second-order valence-electron chi connectivity index (χ2n) is 4.57. The first-order valence-corrected chi connectivity index (χ1v) is 11.9. The van der Waals surface area contributed by atoms with Crippen molar-refractivity contribution < 1.29 is 0 Å². The summed E-state index contributed by atoms with van der Waals surface area (Å²) in [5.41, 5.74) is 0. The first-order valence-electron chi connectivity index (χ1n) is 7.31. The van der Waals surface area contributed by atoms with Gasteiger partial charge in [0.2, 0.25) is 0 Å². The van der Waals surface area contributed by atoms with Crippen LogP contribution in [0.4, 0.5) is 0 Å². The molecule has 108 valence electrons. The Labute approximate surface area is 131 Å². The SMILES string of the molecule is C1CCSCCSCCCCCSCCSCC1. The van der Waals surface area contributed by atoms with Crippen molar-refractivity contribution >= 4 is 47.0 Å². The molecule has 0 spiro atoms. The van der Waals surface area contributed by atoms with Crippen molar-refractivity contribution in [3.63, 3.8) is 0 Å². The molecule has 1 saturated heterocycles. The number of hydrogen-bond donors (Lipinski definition) is 0. The summed E-state index contributed by atoms with van der Waals surface area (Å²) in [7, 11) is 0. The summed E-state index contributed by atoms with van der Waals surface area (Å²) in [5.74, 6) is 11.0. The third-order valence-corrected chi connectivity index (χ3v) is 7.70. The van der Waals surface area contributed by atoms with E-state index in [9.17, 15) is 0 Å². The molecule has 0 unspecified atom stereocenters. The Morgan fingerprint density at radius 3 is 0.833 bits per heavy atom. The lowest BCUT2D eigenvalue weighted by Crippen LogP contribution is -1.93. The van der Waals surface area contributed by atoms with Crippen LogP contribution in [-0.4, -0.2) is 46.0 Å². The van der Waals surface area contributed by atoms with Gasteiger partial charge >= 0.3 is 0 Å². The van der Waals surface area contributed by atoms with E-state index in [1.54, 1.807) is 0 Å². The molecule has 0 amide bonds. The van der Waals surface area contributed by atoms with Crippen LogP contribution in [0.15, 0.2) is 0 Å². The lowest BCUT2D eigenvalue weighted by atomic mass is 10.3. The normalized spacial score (nSPS) is 24.0. The van der Waals surface area contributed by atoms with Gasteiger partial charge in [0.05, 0.1) is 0 Å². The first-order chi connectivity index (χ1) is 9.00. The van der Waals surface area contributed by atoms with Crippen LogP contribution < -0.4 is 0 Å². The minimum absolute atomic E-state index is 1.37. The van der Waals surface area contributed by atoms with Gasteiger partial charge in [0.25, 0.3) is 0 Å². The van der Waals surface area contributed by atoms with Gasteiger partial charge in [-0.25, -0.2) is 0 Å². The number of thioether (sulfide) groups is 4. The molecule has 0 aliphatic carbocycles. The Kier molecular flexibility index (Phi) is 14.4. The fourth-order valence-electron chi connectivity index (χ4n) is 1.81. The molecule has 0 aromatic heterocycles. The van der Waals surface area contributed by atoms with E-state index < -0.39 is 0 Å². The van der Waals surface area contributed by atoms with Crippen LogP contribution in [0.2, 0.25) is 0 Å². The molecule has 0 atom stereocenters. The molecule has 1 rings (SSSR count). The Hall–Kier alpha value is 1.40. The van der Waals surface area contributed by atoms with Gasteiger partial charge in [-0.3, -0.25) is 0 Å². The smallest absolute Gasteiger partial charge is 0.00235 e. The monoisotopic (exact) mass is 324 g/mol. The van der Waals surface area contributed by atoms with E-state index in [0.717, 1.165) is 0 Å². The van der Waals surface area contributed by atoms with E-state index in [1.165, 1.54) is 84.5 Å². The van der Waals surface area contributed by atoms with Crippen molar-refractivity contribution in [1.29, 1.82) is 0 Å². The molecule has 0 aromatic carbocycles. The van der Waals surface area contributed by atoms with Gasteiger partial charge in [0.1, 0.15) is 0 Å². The van der Waals surface area contributed by atoms with Crippen molar-refractivity contribution in [3.05, 3.63) is 0 Å². The average molecular weight is 325 g/mol. The Bertz CT molecular complexity index is 88.8. The molecule has 0 saturated carbocycles. The van der Waals surface area contributed by atoms with E-state index in [0.29, 0.717) is 0 Å². The summed E-state index contributed by atoms with van der Waals surface area (Å²) < 4.78 is 0. The number of rotatable bonds is 0. The highest BCUT2D eigenvalue weighted by Gasteiger charge is 1.96. The van der Waals surface area contributed by atoms with Crippen molar-refractivity contribution in [3.8, 4) is 0 Å². The quantitative estimate of drug-likeness (QED) is 0.594. The zero-order valence-corrected chi connectivity index (χ0v) is 14.8. The van der Waals surface area contributed by atoms with Crippen LogP contribution in [0.25, 0.3) is 0 Å². The van der Waals surface area contributed by atoms with Gasteiger partial charge in [0.15, 0.2) is 0 Å². The predicted octanol–water partition coefficient (Wildman–Crippen LogP) is 5.27. The fraction of sp³-hybridized carbons (Fsp3) is 1.00. The first kappa shape index (κ1) is 17.5. The summed E-state index contributed by atoms with van der Waals surface area (Å²) in [6, 6.07) is 0. The van der Waals surface area contributed by atoms with Crippen LogP contribution in [0.3, 0.4) is 0 Å². The molecule has 18 heavy (non-hydrogen) atoms. The molecule has 4 heteroatoms. The standard InChI is InChI=1S/C14H28S4/c1-3-7-15-11-13-17-9-5-2-6-10-18-14-12-16-8-4-1/h1-14H2. The minimum Gasteiger partial charge on any atom is -0.161 e. The maximum Gasteiger partial charge on any atom is 0.00235 e. The van der Waals surface area contributed by atoms with Gasteiger partial charge in [-0.2, -0.15) is 47.0 Å². The molecular weight excluding hydrogens is 296 g/mol. The van der Waals surface area contributed by atoms with Crippen LogP contribution in [-0.2, 0) is 0 Å². The lowest BCUT2D eigenvalue weighted by molar-refractivity contribution is 0.784. The molecule has 1 aliphatic heterocycles. The topological polar surface area (TPSA) is 0 Å². The second-order valence-corrected chi connectivity index (χ2v) is 9.47. The zero-order valence-electron chi connectivity index (χ0n) is 11.5. The van der Waals surface area contributed by atoms with Crippen molar-refractivity contribution in [2.24, 2.45) is 0 Å². The fourth-order valence-corrected chi connectivity index (χ4v) is 6.15. The van der Waals surface area contributed by atoms with Crippen LogP contribution in [0, 0.1) is 0 Å². The van der Waals surface area contributed by atoms with Crippen molar-refractivity contribution in [2.45, 2.75) is 38.5 Å². The van der Waals surface area contributed by atoms with Crippen molar-refractivity contribution in [2.75, 3.05) is 46.0 Å². The van der Waals surface area contributed by atoms with Crippen LogP contribution in [0.1, 0.15) is 38.5 Å². The maximum atomic E-state index is 2.17. The highest BCUT2D eigenvalue weighted by atomic mass is 32.2. The lowest BCUT2D eigenvalue weighted by Gasteiger charge is -2.05. The van der Waals surface area contributed by atoms with Gasteiger partial charge in [-0.15, -0.1) is 0 Å². The molecule has 0 bridgehead atoms. The van der Waals surface area contributed by atoms with Gasteiger partial charge in [-0.1, -0.05) is 12.8 Å². The minimum atomic E-state index is 1.37. The van der Waals surface area contributed by atoms with E-state index in [1.807, 2.05) is 0 Å². The number of hydrogen-bond acceptors (Lipinski definition) is 4. The summed E-state index contributed by atoms with van der Waals surface area (Å²) in [6.07, 6.45) is 8.63. The van der Waals surface area contributed by atoms with E-state index in [-0.39, 0.29) is 0 Å².